The molecule has 1 aliphatic heterocycles. The maximum Gasteiger partial charge on any atom is 0.273 e. The number of aryl methyl sites for hydroxylation is 1. The summed E-state index contributed by atoms with van der Waals surface area (Å²) >= 11 is 0. The van der Waals surface area contributed by atoms with Crippen molar-refractivity contribution in [3.05, 3.63) is 41.7 Å². The van der Waals surface area contributed by atoms with Crippen molar-refractivity contribution < 1.29 is 9.53 Å². The molecule has 0 bridgehead atoms. The molecule has 8 nitrogen and oxygen atoms in total. The third-order valence-electron chi connectivity index (χ3n) is 4.63. The number of morpholine rings is 1. The molecule has 0 aromatic carbocycles. The van der Waals surface area contributed by atoms with E-state index in [9.17, 15) is 4.79 Å². The highest BCUT2D eigenvalue weighted by atomic mass is 16.5. The zero-order valence-corrected chi connectivity index (χ0v) is 16.7. The first-order chi connectivity index (χ1) is 12.9. The van der Waals surface area contributed by atoms with Gasteiger partial charge in [-0.25, -0.2) is 9.97 Å². The van der Waals surface area contributed by atoms with Crippen LogP contribution in [0.4, 0.5) is 0 Å². The van der Waals surface area contributed by atoms with Crippen molar-refractivity contribution in [1.82, 2.24) is 29.5 Å². The molecule has 0 unspecified atom stereocenters. The van der Waals surface area contributed by atoms with Gasteiger partial charge >= 0.3 is 0 Å². The second-order valence-corrected chi connectivity index (χ2v) is 7.52. The second-order valence-electron chi connectivity index (χ2n) is 7.52. The summed E-state index contributed by atoms with van der Waals surface area (Å²) in [5.74, 6) is 0.745. The Labute approximate surface area is 160 Å². The minimum absolute atomic E-state index is 0.0970. The summed E-state index contributed by atoms with van der Waals surface area (Å²) in [6.07, 6.45) is 5.28. The quantitative estimate of drug-likeness (QED) is 0.791. The summed E-state index contributed by atoms with van der Waals surface area (Å²) in [6, 6.07) is 1.48. The molecule has 0 radical (unpaired) electrons. The number of hydrogen-bond donors (Lipinski definition) is 0. The number of amides is 1. The Hall–Kier alpha value is -2.32. The van der Waals surface area contributed by atoms with Gasteiger partial charge in [0.15, 0.2) is 0 Å². The van der Waals surface area contributed by atoms with Crippen LogP contribution in [0, 0.1) is 0 Å². The summed E-state index contributed by atoms with van der Waals surface area (Å²) in [7, 11) is 5.88. The van der Waals surface area contributed by atoms with Crippen LogP contribution >= 0.6 is 0 Å². The van der Waals surface area contributed by atoms with Gasteiger partial charge in [-0.1, -0.05) is 13.8 Å². The summed E-state index contributed by atoms with van der Waals surface area (Å²) in [4.78, 5) is 26.0. The van der Waals surface area contributed by atoms with Crippen molar-refractivity contribution in [2.24, 2.45) is 7.05 Å². The fraction of sp³-hybridized carbons (Fsp3) is 0.579. The monoisotopic (exact) mass is 372 g/mol. The predicted octanol–water partition coefficient (Wildman–Crippen LogP) is 1.48. The highest BCUT2D eigenvalue weighted by Crippen LogP contribution is 2.31. The molecule has 2 aromatic rings. The van der Waals surface area contributed by atoms with E-state index in [0.29, 0.717) is 31.2 Å². The Morgan fingerprint density at radius 3 is 2.81 bits per heavy atom. The third kappa shape index (κ3) is 4.33. The molecule has 3 rings (SSSR count). The number of carbonyl (C=O) groups excluding carboxylic acids is 1. The van der Waals surface area contributed by atoms with Gasteiger partial charge in [0.05, 0.1) is 24.9 Å². The average molecular weight is 372 g/mol. The van der Waals surface area contributed by atoms with Crippen LogP contribution in [0.1, 0.15) is 47.7 Å². The van der Waals surface area contributed by atoms with Crippen LogP contribution < -0.4 is 0 Å². The molecule has 1 fully saturated rings. The zero-order chi connectivity index (χ0) is 19.6. The highest BCUT2D eigenvalue weighted by Gasteiger charge is 2.38. The van der Waals surface area contributed by atoms with E-state index < -0.39 is 0 Å². The lowest BCUT2D eigenvalue weighted by Crippen LogP contribution is -2.51. The number of rotatable bonds is 5. The fourth-order valence-electron chi connectivity index (χ4n) is 3.38. The lowest BCUT2D eigenvalue weighted by atomic mass is 10.00. The molecule has 2 aromatic heterocycles. The van der Waals surface area contributed by atoms with Gasteiger partial charge in [0.2, 0.25) is 0 Å². The standard InChI is InChI=1S/C19H28N6O2/c1-13(2)18-20-7-6-15(22-18)19(26)25-8-9-27-16(12-23(3)4)17(25)14-10-21-24(5)11-14/h6-7,10-11,13,16-17H,8-9,12H2,1-5H3/t16-,17-/m0/s1. The molecule has 0 N–H and O–H groups in total. The first-order valence-electron chi connectivity index (χ1n) is 9.25. The third-order valence-corrected chi connectivity index (χ3v) is 4.63. The zero-order valence-electron chi connectivity index (χ0n) is 16.7. The SMILES string of the molecule is CC(C)c1nccc(C(=O)N2CCO[C@@H](CN(C)C)[C@@H]2c2cnn(C)c2)n1. The van der Waals surface area contributed by atoms with Crippen molar-refractivity contribution in [3.8, 4) is 0 Å². The van der Waals surface area contributed by atoms with Gasteiger partial charge in [-0.15, -0.1) is 0 Å². The molecule has 2 atom stereocenters. The minimum atomic E-state index is -0.209. The van der Waals surface area contributed by atoms with E-state index >= 15 is 0 Å². The van der Waals surface area contributed by atoms with E-state index in [1.54, 1.807) is 16.9 Å². The smallest absolute Gasteiger partial charge is 0.273 e. The van der Waals surface area contributed by atoms with E-state index in [0.717, 1.165) is 5.56 Å². The van der Waals surface area contributed by atoms with Gasteiger partial charge in [0.25, 0.3) is 5.91 Å². The van der Waals surface area contributed by atoms with Crippen molar-refractivity contribution in [3.63, 3.8) is 0 Å². The fourth-order valence-corrected chi connectivity index (χ4v) is 3.38. The number of likely N-dealkylation sites (N-methyl/N-ethyl adjacent to an activating group) is 1. The number of aromatic nitrogens is 4. The highest BCUT2D eigenvalue weighted by molar-refractivity contribution is 5.92. The lowest BCUT2D eigenvalue weighted by Gasteiger charge is -2.41. The van der Waals surface area contributed by atoms with E-state index in [2.05, 4.69) is 20.0 Å². The van der Waals surface area contributed by atoms with Gasteiger partial charge in [0, 0.05) is 44.0 Å². The molecular formula is C19H28N6O2. The largest absolute Gasteiger partial charge is 0.373 e. The van der Waals surface area contributed by atoms with Crippen LogP contribution in [-0.4, -0.2) is 75.4 Å². The number of nitrogens with zero attached hydrogens (tertiary/aromatic N) is 6. The normalized spacial score (nSPS) is 20.5. The molecule has 1 saturated heterocycles. The van der Waals surface area contributed by atoms with Gasteiger partial charge in [-0.3, -0.25) is 9.48 Å². The van der Waals surface area contributed by atoms with Gasteiger partial charge in [-0.05, 0) is 20.2 Å². The Kier molecular flexibility index (Phi) is 5.86. The molecule has 3 heterocycles. The molecule has 27 heavy (non-hydrogen) atoms. The van der Waals surface area contributed by atoms with Crippen LogP contribution in [0.3, 0.4) is 0 Å². The topological polar surface area (TPSA) is 76.4 Å². The van der Waals surface area contributed by atoms with Gasteiger partial charge in [-0.2, -0.15) is 5.10 Å². The Balaban J connectivity index is 1.95. The van der Waals surface area contributed by atoms with Crippen molar-refractivity contribution in [2.75, 3.05) is 33.8 Å². The lowest BCUT2D eigenvalue weighted by molar-refractivity contribution is -0.0686. The van der Waals surface area contributed by atoms with Crippen molar-refractivity contribution in [2.45, 2.75) is 31.9 Å². The second kappa shape index (κ2) is 8.14. The summed E-state index contributed by atoms with van der Waals surface area (Å²) in [5, 5.41) is 4.29. The summed E-state index contributed by atoms with van der Waals surface area (Å²) < 4.78 is 7.79. The molecule has 146 valence electrons. The first-order valence-corrected chi connectivity index (χ1v) is 9.25. The molecular weight excluding hydrogens is 344 g/mol. The van der Waals surface area contributed by atoms with E-state index in [1.807, 2.05) is 52.3 Å². The van der Waals surface area contributed by atoms with Gasteiger partial charge < -0.3 is 14.5 Å². The maximum absolute atomic E-state index is 13.3. The van der Waals surface area contributed by atoms with Crippen LogP contribution in [-0.2, 0) is 11.8 Å². The van der Waals surface area contributed by atoms with Crippen molar-refractivity contribution in [1.29, 1.82) is 0 Å². The number of ether oxygens (including phenoxy) is 1. The molecule has 1 amide bonds. The Bertz CT molecular complexity index is 788. The molecule has 0 saturated carbocycles. The van der Waals surface area contributed by atoms with Crippen molar-refractivity contribution >= 4 is 5.91 Å². The van der Waals surface area contributed by atoms with E-state index in [-0.39, 0.29) is 24.0 Å². The summed E-state index contributed by atoms with van der Waals surface area (Å²) in [5.41, 5.74) is 1.39. The Morgan fingerprint density at radius 1 is 1.41 bits per heavy atom. The van der Waals surface area contributed by atoms with Crippen LogP contribution in [0.5, 0.6) is 0 Å². The molecule has 1 aliphatic rings. The molecule has 0 spiro atoms. The minimum Gasteiger partial charge on any atom is -0.373 e. The molecule has 0 aliphatic carbocycles. The van der Waals surface area contributed by atoms with Crippen LogP contribution in [0.15, 0.2) is 24.7 Å². The number of hydrogen-bond acceptors (Lipinski definition) is 6. The van der Waals surface area contributed by atoms with Crippen LogP contribution in [0.25, 0.3) is 0 Å². The maximum atomic E-state index is 13.3. The predicted molar refractivity (Wildman–Crippen MR) is 101 cm³/mol. The summed E-state index contributed by atoms with van der Waals surface area (Å²) in [6.45, 7) is 5.77. The van der Waals surface area contributed by atoms with E-state index in [1.165, 1.54) is 0 Å². The van der Waals surface area contributed by atoms with Crippen LogP contribution in [0.2, 0.25) is 0 Å². The average Bonchev–Trinajstić information content (AvgIpc) is 3.06. The Morgan fingerprint density at radius 2 is 2.19 bits per heavy atom. The number of carbonyl (C=O) groups is 1. The first kappa shape index (κ1) is 19.4. The van der Waals surface area contributed by atoms with Gasteiger partial charge in [0.1, 0.15) is 11.5 Å². The van der Waals surface area contributed by atoms with E-state index in [4.69, 9.17) is 4.74 Å². The molecule has 8 heteroatoms.